The van der Waals surface area contributed by atoms with E-state index in [-0.39, 0.29) is 26.1 Å². The zero-order valence-corrected chi connectivity index (χ0v) is 12.1. The highest BCUT2D eigenvalue weighted by atomic mass is 32.2. The second-order valence-electron chi connectivity index (χ2n) is 4.94. The zero-order chi connectivity index (χ0) is 16.6. The largest absolute Gasteiger partial charge is 0.480 e. The van der Waals surface area contributed by atoms with Crippen molar-refractivity contribution in [1.29, 1.82) is 0 Å². The van der Waals surface area contributed by atoms with E-state index in [1.165, 1.54) is 0 Å². The fourth-order valence-electron chi connectivity index (χ4n) is 2.35. The average molecular weight is 338 g/mol. The quantitative estimate of drug-likeness (QED) is 0.913. The number of halogens is 3. The van der Waals surface area contributed by atoms with E-state index in [4.69, 9.17) is 4.74 Å². The smallest absolute Gasteiger partial charge is 0.416 e. The van der Waals surface area contributed by atoms with Crippen LogP contribution in [0.3, 0.4) is 0 Å². The summed E-state index contributed by atoms with van der Waals surface area (Å²) in [5.74, 6) is -1.52. The van der Waals surface area contributed by atoms with E-state index in [1.807, 2.05) is 0 Å². The maximum atomic E-state index is 12.6. The van der Waals surface area contributed by atoms with Crippen molar-refractivity contribution in [1.82, 2.24) is 0 Å². The molecule has 22 heavy (non-hydrogen) atoms. The number of alkyl halides is 3. The lowest BCUT2D eigenvalue weighted by atomic mass is 9.99. The van der Waals surface area contributed by atoms with Crippen molar-refractivity contribution in [3.05, 3.63) is 29.8 Å². The van der Waals surface area contributed by atoms with E-state index in [0.717, 1.165) is 12.1 Å². The highest BCUT2D eigenvalue weighted by Gasteiger charge is 2.52. The molecule has 1 aromatic rings. The summed E-state index contributed by atoms with van der Waals surface area (Å²) in [6, 6.07) is 2.83. The molecular weight excluding hydrogens is 325 g/mol. The molecule has 1 heterocycles. The monoisotopic (exact) mass is 338 g/mol. The van der Waals surface area contributed by atoms with Gasteiger partial charge < -0.3 is 9.84 Å². The third-order valence-corrected chi connectivity index (χ3v) is 6.20. The number of ether oxygens (including phenoxy) is 1. The van der Waals surface area contributed by atoms with Gasteiger partial charge in [-0.3, -0.25) is 4.79 Å². The Kier molecular flexibility index (Phi) is 4.22. The van der Waals surface area contributed by atoms with Crippen LogP contribution < -0.4 is 0 Å². The van der Waals surface area contributed by atoms with Crippen molar-refractivity contribution in [3.8, 4) is 0 Å². The van der Waals surface area contributed by atoms with Gasteiger partial charge in [0.05, 0.1) is 10.5 Å². The number of carboxylic acids is 1. The number of carboxylic acid groups (broad SMARTS) is 1. The van der Waals surface area contributed by atoms with Crippen molar-refractivity contribution >= 4 is 15.8 Å². The number of aliphatic carboxylic acids is 1. The molecular formula is C13H13F3O5S. The summed E-state index contributed by atoms with van der Waals surface area (Å²) in [6.07, 6.45) is -5.08. The predicted octanol–water partition coefficient (Wildman–Crippen LogP) is 2.11. The molecule has 0 aliphatic carbocycles. The molecule has 2 rings (SSSR count). The number of benzene rings is 1. The summed E-state index contributed by atoms with van der Waals surface area (Å²) in [7, 11) is -4.33. The van der Waals surface area contributed by atoms with Crippen LogP contribution in [0.1, 0.15) is 18.4 Å². The van der Waals surface area contributed by atoms with Crippen LogP contribution in [0.2, 0.25) is 0 Å². The third-order valence-electron chi connectivity index (χ3n) is 3.70. The molecule has 122 valence electrons. The normalized spacial score (nSPS) is 18.9. The van der Waals surface area contributed by atoms with Gasteiger partial charge in [-0.2, -0.15) is 13.2 Å². The van der Waals surface area contributed by atoms with Gasteiger partial charge in [0.15, 0.2) is 14.6 Å². The lowest BCUT2D eigenvalue weighted by molar-refractivity contribution is -0.142. The standard InChI is InChI=1S/C13H13F3O5S/c14-13(15,16)9-1-3-10(4-2-9)22(19,20)12(11(17)18)5-7-21-8-6-12/h1-4H,5-8H2,(H,17,18). The van der Waals surface area contributed by atoms with Gasteiger partial charge in [-0.15, -0.1) is 0 Å². The Hall–Kier alpha value is -1.61. The summed E-state index contributed by atoms with van der Waals surface area (Å²) in [5.41, 5.74) is -0.997. The van der Waals surface area contributed by atoms with Crippen LogP contribution >= 0.6 is 0 Å². The minimum atomic E-state index is -4.59. The number of sulfone groups is 1. The first-order valence-corrected chi connectivity index (χ1v) is 7.83. The number of rotatable bonds is 3. The van der Waals surface area contributed by atoms with Gasteiger partial charge in [0.2, 0.25) is 0 Å². The van der Waals surface area contributed by atoms with Crippen molar-refractivity contribution in [2.45, 2.75) is 28.7 Å². The summed E-state index contributed by atoms with van der Waals surface area (Å²) in [6.45, 7) is -0.0711. The lowest BCUT2D eigenvalue weighted by Crippen LogP contribution is -2.50. The molecule has 0 amide bonds. The van der Waals surface area contributed by atoms with Crippen LogP contribution in [-0.2, 0) is 25.5 Å². The Bertz CT molecular complexity index is 658. The molecule has 5 nitrogen and oxygen atoms in total. The Balaban J connectivity index is 2.47. The molecule has 1 fully saturated rings. The summed E-state index contributed by atoms with van der Waals surface area (Å²) in [5, 5.41) is 9.35. The van der Waals surface area contributed by atoms with E-state index >= 15 is 0 Å². The Morgan fingerprint density at radius 1 is 1.14 bits per heavy atom. The van der Waals surface area contributed by atoms with E-state index in [2.05, 4.69) is 0 Å². The van der Waals surface area contributed by atoms with Crippen LogP contribution in [0.25, 0.3) is 0 Å². The molecule has 0 bridgehead atoms. The fraction of sp³-hybridized carbons (Fsp3) is 0.462. The first-order valence-electron chi connectivity index (χ1n) is 6.34. The number of hydrogen-bond acceptors (Lipinski definition) is 4. The molecule has 9 heteroatoms. The number of hydrogen-bond donors (Lipinski definition) is 1. The minimum Gasteiger partial charge on any atom is -0.480 e. The molecule has 1 aromatic carbocycles. The zero-order valence-electron chi connectivity index (χ0n) is 11.3. The second kappa shape index (κ2) is 5.54. The van der Waals surface area contributed by atoms with Gasteiger partial charge >= 0.3 is 12.1 Å². The van der Waals surface area contributed by atoms with Crippen LogP contribution in [0.15, 0.2) is 29.2 Å². The lowest BCUT2D eigenvalue weighted by Gasteiger charge is -2.32. The Labute approximate surface area is 124 Å². The molecule has 0 radical (unpaired) electrons. The Morgan fingerprint density at radius 3 is 2.05 bits per heavy atom. The first kappa shape index (κ1) is 16.8. The summed E-state index contributed by atoms with van der Waals surface area (Å²) >= 11 is 0. The van der Waals surface area contributed by atoms with Crippen LogP contribution in [-0.4, -0.2) is 37.5 Å². The first-order chi connectivity index (χ1) is 10.1. The molecule has 0 aromatic heterocycles. The van der Waals surface area contributed by atoms with Crippen LogP contribution in [0.5, 0.6) is 0 Å². The van der Waals surface area contributed by atoms with Crippen molar-refractivity contribution in [3.63, 3.8) is 0 Å². The number of carbonyl (C=O) groups is 1. The third kappa shape index (κ3) is 2.70. The van der Waals surface area contributed by atoms with Gasteiger partial charge in [0, 0.05) is 26.1 Å². The average Bonchev–Trinajstić information content (AvgIpc) is 2.47. The SMILES string of the molecule is O=C(O)C1(S(=O)(=O)c2ccc(C(F)(F)F)cc2)CCOCC1. The van der Waals surface area contributed by atoms with E-state index in [1.54, 1.807) is 0 Å². The maximum absolute atomic E-state index is 12.6. The van der Waals surface area contributed by atoms with Gasteiger partial charge in [-0.1, -0.05) is 0 Å². The molecule has 1 saturated heterocycles. The molecule has 1 aliphatic heterocycles. The van der Waals surface area contributed by atoms with Crippen molar-refractivity contribution < 1.29 is 36.2 Å². The van der Waals surface area contributed by atoms with Crippen molar-refractivity contribution in [2.24, 2.45) is 0 Å². The van der Waals surface area contributed by atoms with Crippen molar-refractivity contribution in [2.75, 3.05) is 13.2 Å². The van der Waals surface area contributed by atoms with E-state index < -0.39 is 37.2 Å². The van der Waals surface area contributed by atoms with E-state index in [9.17, 15) is 31.5 Å². The predicted molar refractivity (Wildman–Crippen MR) is 69.0 cm³/mol. The van der Waals surface area contributed by atoms with Gasteiger partial charge in [0.1, 0.15) is 0 Å². The summed E-state index contributed by atoms with van der Waals surface area (Å²) in [4.78, 5) is 11.1. The summed E-state index contributed by atoms with van der Waals surface area (Å²) < 4.78 is 65.7. The molecule has 0 saturated carbocycles. The molecule has 1 aliphatic rings. The maximum Gasteiger partial charge on any atom is 0.416 e. The van der Waals surface area contributed by atoms with Gasteiger partial charge in [-0.25, -0.2) is 8.42 Å². The molecule has 0 atom stereocenters. The highest BCUT2D eigenvalue weighted by molar-refractivity contribution is 7.93. The molecule has 0 unspecified atom stereocenters. The topological polar surface area (TPSA) is 80.7 Å². The van der Waals surface area contributed by atoms with E-state index in [0.29, 0.717) is 12.1 Å². The fourth-order valence-corrected chi connectivity index (χ4v) is 4.23. The van der Waals surface area contributed by atoms with Gasteiger partial charge in [-0.05, 0) is 24.3 Å². The second-order valence-corrected chi connectivity index (χ2v) is 7.20. The molecule has 0 spiro atoms. The molecule has 1 N–H and O–H groups in total. The minimum absolute atomic E-state index is 0.0356. The Morgan fingerprint density at radius 2 is 1.64 bits per heavy atom. The van der Waals surface area contributed by atoms with Crippen LogP contribution in [0, 0.1) is 0 Å². The highest BCUT2D eigenvalue weighted by Crippen LogP contribution is 2.36. The van der Waals surface area contributed by atoms with Gasteiger partial charge in [0.25, 0.3) is 0 Å². The van der Waals surface area contributed by atoms with Crippen LogP contribution in [0.4, 0.5) is 13.2 Å².